The van der Waals surface area contributed by atoms with Crippen molar-refractivity contribution < 1.29 is 18.6 Å². The summed E-state index contributed by atoms with van der Waals surface area (Å²) >= 11 is 0. The number of anilines is 1. The number of rotatable bonds is 3. The number of nitrogens with zero attached hydrogens (tertiary/aromatic N) is 3. The number of hydrogen-bond acceptors (Lipinski definition) is 6. The van der Waals surface area contributed by atoms with Crippen LogP contribution in [-0.4, -0.2) is 53.5 Å². The summed E-state index contributed by atoms with van der Waals surface area (Å²) < 4.78 is 34.5. The molecule has 0 bridgehead atoms. The maximum absolute atomic E-state index is 14.2. The largest absolute Gasteiger partial charge is 0.493 e. The minimum absolute atomic E-state index is 0.0170. The van der Waals surface area contributed by atoms with Crippen LogP contribution in [0.15, 0.2) is 60.9 Å². The van der Waals surface area contributed by atoms with E-state index in [4.69, 9.17) is 4.74 Å². The molecular weight excluding hydrogens is 450 g/mol. The Kier molecular flexibility index (Phi) is 5.54. The number of aromatic hydroxyl groups is 1. The van der Waals surface area contributed by atoms with Crippen LogP contribution in [0.4, 0.5) is 14.5 Å². The zero-order chi connectivity index (χ0) is 23.9. The number of halogens is 2. The van der Waals surface area contributed by atoms with Gasteiger partial charge in [-0.1, -0.05) is 6.07 Å². The van der Waals surface area contributed by atoms with Gasteiger partial charge in [0.15, 0.2) is 0 Å². The van der Waals surface area contributed by atoms with Crippen molar-refractivity contribution in [1.29, 1.82) is 0 Å². The molecule has 8 heteroatoms. The van der Waals surface area contributed by atoms with E-state index in [1.54, 1.807) is 18.3 Å². The van der Waals surface area contributed by atoms with E-state index >= 15 is 0 Å². The van der Waals surface area contributed by atoms with Crippen molar-refractivity contribution in [3.05, 3.63) is 72.6 Å². The van der Waals surface area contributed by atoms with Crippen LogP contribution in [0.1, 0.15) is 6.42 Å². The number of aromatic nitrogens is 2. The van der Waals surface area contributed by atoms with Crippen LogP contribution in [0.2, 0.25) is 0 Å². The van der Waals surface area contributed by atoms with Crippen LogP contribution in [0, 0.1) is 11.6 Å². The predicted molar refractivity (Wildman–Crippen MR) is 130 cm³/mol. The topological polar surface area (TPSA) is 70.5 Å². The van der Waals surface area contributed by atoms with Crippen molar-refractivity contribution in [2.24, 2.45) is 0 Å². The fraction of sp³-hybridized carbons (Fsp3) is 0.259. The number of fused-ring (bicyclic) bond motifs is 2. The molecule has 2 saturated heterocycles. The van der Waals surface area contributed by atoms with Crippen molar-refractivity contribution in [2.45, 2.75) is 18.6 Å². The molecular formula is C27H24F2N4O2. The molecule has 0 spiro atoms. The van der Waals surface area contributed by atoms with E-state index in [0.29, 0.717) is 29.8 Å². The summed E-state index contributed by atoms with van der Waals surface area (Å²) in [6, 6.07) is 13.1. The second-order valence-corrected chi connectivity index (χ2v) is 8.99. The van der Waals surface area contributed by atoms with Crippen molar-refractivity contribution in [3.8, 4) is 28.1 Å². The first-order valence-electron chi connectivity index (χ1n) is 11.7. The number of ether oxygens (including phenoxy) is 1. The lowest BCUT2D eigenvalue weighted by Gasteiger charge is -2.43. The first kappa shape index (κ1) is 21.9. The quantitative estimate of drug-likeness (QED) is 0.455. The van der Waals surface area contributed by atoms with Crippen LogP contribution in [0.3, 0.4) is 0 Å². The van der Waals surface area contributed by atoms with Crippen LogP contribution >= 0.6 is 0 Å². The van der Waals surface area contributed by atoms with Crippen molar-refractivity contribution >= 4 is 16.6 Å². The molecule has 2 aliphatic rings. The van der Waals surface area contributed by atoms with Gasteiger partial charge in [0.1, 0.15) is 11.6 Å². The van der Waals surface area contributed by atoms with Gasteiger partial charge in [-0.15, -0.1) is 0 Å². The summed E-state index contributed by atoms with van der Waals surface area (Å²) in [7, 11) is 0. The van der Waals surface area contributed by atoms with Gasteiger partial charge in [0.05, 0.1) is 23.9 Å². The van der Waals surface area contributed by atoms with E-state index in [0.717, 1.165) is 47.7 Å². The molecule has 0 amide bonds. The van der Waals surface area contributed by atoms with Crippen molar-refractivity contribution in [2.75, 3.05) is 31.1 Å². The molecule has 6 nitrogen and oxygen atoms in total. The molecule has 2 aromatic carbocycles. The Balaban J connectivity index is 1.55. The molecule has 4 aromatic rings. The van der Waals surface area contributed by atoms with Crippen LogP contribution in [0.5, 0.6) is 5.88 Å². The van der Waals surface area contributed by atoms with E-state index in [9.17, 15) is 13.9 Å². The van der Waals surface area contributed by atoms with Crippen LogP contribution in [0.25, 0.3) is 33.2 Å². The second kappa shape index (κ2) is 8.87. The van der Waals surface area contributed by atoms with Gasteiger partial charge in [0, 0.05) is 60.6 Å². The van der Waals surface area contributed by atoms with Crippen LogP contribution in [-0.2, 0) is 4.74 Å². The maximum atomic E-state index is 14.2. The minimum Gasteiger partial charge on any atom is -0.493 e. The van der Waals surface area contributed by atoms with Gasteiger partial charge in [-0.2, -0.15) is 0 Å². The molecule has 2 aromatic heterocycles. The van der Waals surface area contributed by atoms with Gasteiger partial charge in [0.25, 0.3) is 0 Å². The number of pyridine rings is 2. The molecule has 4 heterocycles. The average molecular weight is 475 g/mol. The number of morpholine rings is 1. The molecule has 2 fully saturated rings. The van der Waals surface area contributed by atoms with E-state index in [1.807, 2.05) is 18.2 Å². The lowest BCUT2D eigenvalue weighted by molar-refractivity contribution is -0.00896. The summed E-state index contributed by atoms with van der Waals surface area (Å²) in [5, 5.41) is 14.7. The Morgan fingerprint density at radius 2 is 1.86 bits per heavy atom. The zero-order valence-electron chi connectivity index (χ0n) is 18.9. The monoisotopic (exact) mass is 474 g/mol. The highest BCUT2D eigenvalue weighted by atomic mass is 19.1. The SMILES string of the molecule is Oc1ncccc1-c1ccc2ncc(-c3cc(F)cc(F)c3)c(N3CCC4NCCO[C@@H]4C3)c2c1. The Bertz CT molecular complexity index is 1390. The third-order valence-corrected chi connectivity index (χ3v) is 6.83. The Hall–Kier alpha value is -3.62. The van der Waals surface area contributed by atoms with Gasteiger partial charge in [0.2, 0.25) is 5.88 Å². The highest BCUT2D eigenvalue weighted by Gasteiger charge is 2.33. The number of piperidine rings is 1. The number of hydrogen-bond donors (Lipinski definition) is 2. The third kappa shape index (κ3) is 4.09. The molecule has 6 rings (SSSR count). The molecule has 1 unspecified atom stereocenters. The number of benzene rings is 2. The fourth-order valence-corrected chi connectivity index (χ4v) is 5.21. The highest BCUT2D eigenvalue weighted by Crippen LogP contribution is 2.40. The molecule has 35 heavy (non-hydrogen) atoms. The molecule has 178 valence electrons. The average Bonchev–Trinajstić information content (AvgIpc) is 2.87. The highest BCUT2D eigenvalue weighted by molar-refractivity contribution is 6.02. The number of nitrogens with one attached hydrogen (secondary N) is 1. The van der Waals surface area contributed by atoms with E-state index in [2.05, 4.69) is 20.2 Å². The molecule has 2 N–H and O–H groups in total. The molecule has 2 atom stereocenters. The molecule has 0 radical (unpaired) electrons. The minimum atomic E-state index is -0.640. The van der Waals surface area contributed by atoms with E-state index in [1.165, 1.54) is 18.3 Å². The summed E-state index contributed by atoms with van der Waals surface area (Å²) in [6.45, 7) is 2.89. The molecule has 0 aliphatic carbocycles. The van der Waals surface area contributed by atoms with Gasteiger partial charge in [-0.25, -0.2) is 13.8 Å². The van der Waals surface area contributed by atoms with Crippen molar-refractivity contribution in [3.63, 3.8) is 0 Å². The third-order valence-electron chi connectivity index (χ3n) is 6.83. The fourth-order valence-electron chi connectivity index (χ4n) is 5.21. The smallest absolute Gasteiger partial charge is 0.218 e. The van der Waals surface area contributed by atoms with Gasteiger partial charge in [-0.3, -0.25) is 4.98 Å². The Morgan fingerprint density at radius 3 is 2.69 bits per heavy atom. The second-order valence-electron chi connectivity index (χ2n) is 8.99. The Labute approximate surface area is 201 Å². The van der Waals surface area contributed by atoms with E-state index < -0.39 is 11.6 Å². The van der Waals surface area contributed by atoms with E-state index in [-0.39, 0.29) is 18.0 Å². The maximum Gasteiger partial charge on any atom is 0.218 e. The molecule has 2 aliphatic heterocycles. The standard InChI is InChI=1S/C27H24F2N4O2/c28-18-10-17(11-19(29)13-18)22-14-32-23-4-3-16(20-2-1-6-31-27(20)34)12-21(23)26(22)33-8-5-24-25(15-33)35-9-7-30-24/h1-4,6,10-14,24-25,30H,5,7-9,15H2,(H,31,34)/t24?,25-/m1/s1. The first-order chi connectivity index (χ1) is 17.1. The lowest BCUT2D eigenvalue weighted by atomic mass is 9.95. The van der Waals surface area contributed by atoms with Gasteiger partial charge >= 0.3 is 0 Å². The van der Waals surface area contributed by atoms with Crippen molar-refractivity contribution in [1.82, 2.24) is 15.3 Å². The summed E-state index contributed by atoms with van der Waals surface area (Å²) in [4.78, 5) is 10.8. The van der Waals surface area contributed by atoms with Crippen LogP contribution < -0.4 is 10.2 Å². The first-order valence-corrected chi connectivity index (χ1v) is 11.7. The van der Waals surface area contributed by atoms with Gasteiger partial charge in [-0.05, 0) is 53.9 Å². The summed E-state index contributed by atoms with van der Waals surface area (Å²) in [5.41, 5.74) is 4.03. The zero-order valence-corrected chi connectivity index (χ0v) is 18.9. The summed E-state index contributed by atoms with van der Waals surface area (Å²) in [6.07, 6.45) is 4.11. The Morgan fingerprint density at radius 1 is 1.00 bits per heavy atom. The normalized spacial score (nSPS) is 20.1. The lowest BCUT2D eigenvalue weighted by Crippen LogP contribution is -2.57. The van der Waals surface area contributed by atoms with Gasteiger partial charge < -0.3 is 20.1 Å². The predicted octanol–water partition coefficient (Wildman–Crippen LogP) is 4.51. The molecule has 0 saturated carbocycles. The summed E-state index contributed by atoms with van der Waals surface area (Å²) in [5.74, 6) is -1.34.